The van der Waals surface area contributed by atoms with Crippen LogP contribution in [-0.4, -0.2) is 63.6 Å². The van der Waals surface area contributed by atoms with Crippen LogP contribution in [0.5, 0.6) is 0 Å². The third kappa shape index (κ3) is 4.89. The van der Waals surface area contributed by atoms with Gasteiger partial charge in [0.15, 0.2) is 15.6 Å². The van der Waals surface area contributed by atoms with Crippen molar-refractivity contribution in [2.45, 2.75) is 17.7 Å². The highest BCUT2D eigenvalue weighted by Crippen LogP contribution is 2.29. The van der Waals surface area contributed by atoms with E-state index in [2.05, 4.69) is 0 Å². The van der Waals surface area contributed by atoms with Crippen molar-refractivity contribution in [3.63, 3.8) is 0 Å². The Morgan fingerprint density at radius 3 is 2.27 bits per heavy atom. The van der Waals surface area contributed by atoms with E-state index in [-0.39, 0.29) is 28.8 Å². The van der Waals surface area contributed by atoms with Crippen molar-refractivity contribution in [3.05, 3.63) is 58.6 Å². The summed E-state index contributed by atoms with van der Waals surface area (Å²) in [4.78, 5) is 40.6. The Bertz CT molecular complexity index is 1200. The molecular weight excluding hydrogens is 468 g/mol. The summed E-state index contributed by atoms with van der Waals surface area (Å²) in [6.45, 7) is 1.21. The zero-order valence-electron chi connectivity index (χ0n) is 18.0. The number of Topliss-reactive ketones (excluding diaryl/α,β-unsaturated/α-hetero) is 1. The second kappa shape index (κ2) is 9.15. The van der Waals surface area contributed by atoms with Crippen molar-refractivity contribution >= 4 is 44.9 Å². The van der Waals surface area contributed by atoms with Crippen molar-refractivity contribution in [1.29, 1.82) is 0 Å². The minimum absolute atomic E-state index is 0.0115. The molecule has 0 N–H and O–H groups in total. The molecule has 174 valence electrons. The van der Waals surface area contributed by atoms with Crippen LogP contribution >= 0.6 is 11.6 Å². The minimum Gasteiger partial charge on any atom is -0.447 e. The summed E-state index contributed by atoms with van der Waals surface area (Å²) in [6, 6.07) is 11.1. The number of hydrogen-bond acceptors (Lipinski definition) is 6. The molecule has 2 aromatic rings. The number of ether oxygens (including phenoxy) is 1. The summed E-state index contributed by atoms with van der Waals surface area (Å²) in [5.74, 6) is -0.617. The predicted octanol–water partition coefficient (Wildman–Crippen LogP) is 3.44. The van der Waals surface area contributed by atoms with E-state index < -0.39 is 21.8 Å². The smallest absolute Gasteiger partial charge is 0.414 e. The van der Waals surface area contributed by atoms with Crippen molar-refractivity contribution in [1.82, 2.24) is 4.90 Å². The largest absolute Gasteiger partial charge is 0.447 e. The highest BCUT2D eigenvalue weighted by Gasteiger charge is 2.32. The van der Waals surface area contributed by atoms with E-state index in [0.29, 0.717) is 48.7 Å². The number of carbonyl (C=O) groups is 3. The number of halogens is 1. The van der Waals surface area contributed by atoms with Gasteiger partial charge in [0.2, 0.25) is 0 Å². The van der Waals surface area contributed by atoms with Crippen molar-refractivity contribution < 1.29 is 27.5 Å². The minimum atomic E-state index is -3.74. The van der Waals surface area contributed by atoms with Crippen LogP contribution in [-0.2, 0) is 14.6 Å². The molecule has 0 bridgehead atoms. The third-order valence-electron chi connectivity index (χ3n) is 5.95. The van der Waals surface area contributed by atoms with Crippen LogP contribution in [0.4, 0.5) is 10.5 Å². The first-order valence-electron chi connectivity index (χ1n) is 10.5. The molecule has 0 atom stereocenters. The van der Waals surface area contributed by atoms with Gasteiger partial charge in [-0.2, -0.15) is 0 Å². The molecule has 2 aliphatic rings. The molecule has 0 aliphatic carbocycles. The number of piperidine rings is 1. The van der Waals surface area contributed by atoms with Crippen molar-refractivity contribution in [2.24, 2.45) is 5.92 Å². The topological polar surface area (TPSA) is 101 Å². The van der Waals surface area contributed by atoms with Gasteiger partial charge in [-0.15, -0.1) is 0 Å². The van der Waals surface area contributed by atoms with Gasteiger partial charge in [-0.1, -0.05) is 11.6 Å². The first kappa shape index (κ1) is 23.3. The zero-order valence-corrected chi connectivity index (χ0v) is 19.6. The van der Waals surface area contributed by atoms with E-state index in [0.717, 1.165) is 6.26 Å². The second-order valence-electron chi connectivity index (χ2n) is 8.16. The number of cyclic esters (lactones) is 1. The van der Waals surface area contributed by atoms with Crippen molar-refractivity contribution in [3.8, 4) is 0 Å². The molecule has 2 heterocycles. The summed E-state index contributed by atoms with van der Waals surface area (Å²) >= 11 is 5.89. The number of anilines is 1. The molecule has 0 aromatic heterocycles. The number of likely N-dealkylation sites (tertiary alicyclic amines) is 1. The Hall–Kier alpha value is -2.91. The van der Waals surface area contributed by atoms with Gasteiger partial charge < -0.3 is 9.64 Å². The van der Waals surface area contributed by atoms with Crippen LogP contribution in [0.3, 0.4) is 0 Å². The van der Waals surface area contributed by atoms with Gasteiger partial charge in [0, 0.05) is 41.5 Å². The van der Waals surface area contributed by atoms with Crippen LogP contribution in [0, 0.1) is 5.92 Å². The third-order valence-corrected chi connectivity index (χ3v) is 7.34. The maximum atomic E-state index is 13.2. The van der Waals surface area contributed by atoms with E-state index >= 15 is 0 Å². The summed E-state index contributed by atoms with van der Waals surface area (Å²) in [6.07, 6.45) is 1.45. The molecule has 0 spiro atoms. The monoisotopic (exact) mass is 490 g/mol. The molecule has 4 rings (SSSR count). The summed E-state index contributed by atoms with van der Waals surface area (Å²) in [5, 5.41) is 0.557. The summed E-state index contributed by atoms with van der Waals surface area (Å²) in [7, 11) is -3.74. The number of benzene rings is 2. The van der Waals surface area contributed by atoms with Gasteiger partial charge in [0.1, 0.15) is 6.61 Å². The summed E-state index contributed by atoms with van der Waals surface area (Å²) in [5.41, 5.74) is 0.998. The van der Waals surface area contributed by atoms with Crippen LogP contribution in [0.2, 0.25) is 5.02 Å². The number of nitrogens with zero attached hydrogens (tertiary/aromatic N) is 2. The van der Waals surface area contributed by atoms with E-state index in [4.69, 9.17) is 16.3 Å². The lowest BCUT2D eigenvalue weighted by molar-refractivity contribution is 0.0647. The van der Waals surface area contributed by atoms with Gasteiger partial charge in [-0.3, -0.25) is 14.5 Å². The van der Waals surface area contributed by atoms with Gasteiger partial charge in [-0.25, -0.2) is 13.2 Å². The standard InChI is InChI=1S/C23H23ClN2O6S/c1-33(30,31)20-14-18(26-12-13-32-23(26)29)6-7-19(20)22(28)25-10-8-16(9-11-25)21(27)15-2-4-17(24)5-3-15/h2-7,14,16H,8-13H2,1H3. The fourth-order valence-electron chi connectivity index (χ4n) is 4.16. The molecule has 0 unspecified atom stereocenters. The van der Waals surface area contributed by atoms with Crippen LogP contribution < -0.4 is 4.90 Å². The lowest BCUT2D eigenvalue weighted by atomic mass is 9.88. The van der Waals surface area contributed by atoms with Gasteiger partial charge >= 0.3 is 6.09 Å². The van der Waals surface area contributed by atoms with E-state index in [1.807, 2.05) is 0 Å². The van der Waals surface area contributed by atoms with Crippen LogP contribution in [0.15, 0.2) is 47.4 Å². The maximum Gasteiger partial charge on any atom is 0.414 e. The number of rotatable bonds is 5. The Kier molecular flexibility index (Phi) is 6.45. The maximum absolute atomic E-state index is 13.2. The SMILES string of the molecule is CS(=O)(=O)c1cc(N2CCOC2=O)ccc1C(=O)N1CCC(C(=O)c2ccc(Cl)cc2)CC1. The number of ketones is 1. The molecule has 0 radical (unpaired) electrons. The van der Waals surface area contributed by atoms with E-state index in [9.17, 15) is 22.8 Å². The highest BCUT2D eigenvalue weighted by molar-refractivity contribution is 7.90. The number of amides is 2. The van der Waals surface area contributed by atoms with Crippen LogP contribution in [0.25, 0.3) is 0 Å². The molecule has 0 saturated carbocycles. The highest BCUT2D eigenvalue weighted by atomic mass is 35.5. The van der Waals surface area contributed by atoms with E-state index in [1.54, 1.807) is 35.2 Å². The molecule has 33 heavy (non-hydrogen) atoms. The fourth-order valence-corrected chi connectivity index (χ4v) is 5.17. The Morgan fingerprint density at radius 1 is 1.03 bits per heavy atom. The normalized spacial score (nSPS) is 17.2. The first-order chi connectivity index (χ1) is 15.6. The van der Waals surface area contributed by atoms with Crippen LogP contribution in [0.1, 0.15) is 33.6 Å². The molecule has 10 heteroatoms. The number of carbonyl (C=O) groups excluding carboxylic acids is 3. The first-order valence-corrected chi connectivity index (χ1v) is 12.8. The zero-order chi connectivity index (χ0) is 23.8. The average molecular weight is 491 g/mol. The molecule has 2 aliphatic heterocycles. The fraction of sp³-hybridized carbons (Fsp3) is 0.348. The number of hydrogen-bond donors (Lipinski definition) is 0. The molecule has 2 aromatic carbocycles. The molecule has 2 fully saturated rings. The predicted molar refractivity (Wildman–Crippen MR) is 123 cm³/mol. The molecular formula is C23H23ClN2O6S. The van der Waals surface area contributed by atoms with Gasteiger partial charge in [-0.05, 0) is 55.3 Å². The second-order valence-corrected chi connectivity index (χ2v) is 10.6. The molecule has 8 nitrogen and oxygen atoms in total. The van der Waals surface area contributed by atoms with Gasteiger partial charge in [0.25, 0.3) is 5.91 Å². The van der Waals surface area contributed by atoms with Gasteiger partial charge in [0.05, 0.1) is 17.0 Å². The lowest BCUT2D eigenvalue weighted by Crippen LogP contribution is -2.40. The van der Waals surface area contributed by atoms with Crippen molar-refractivity contribution in [2.75, 3.05) is 37.4 Å². The quantitative estimate of drug-likeness (QED) is 0.595. The number of sulfone groups is 1. The average Bonchev–Trinajstić information content (AvgIpc) is 3.23. The molecule has 2 saturated heterocycles. The molecule has 2 amide bonds. The Morgan fingerprint density at radius 2 is 1.70 bits per heavy atom. The lowest BCUT2D eigenvalue weighted by Gasteiger charge is -2.32. The Balaban J connectivity index is 1.51. The Labute approximate surface area is 197 Å². The summed E-state index contributed by atoms with van der Waals surface area (Å²) < 4.78 is 29.8. The van der Waals surface area contributed by atoms with E-state index in [1.165, 1.54) is 17.0 Å².